The first-order valence-corrected chi connectivity index (χ1v) is 5.70. The van der Waals surface area contributed by atoms with Crippen molar-refractivity contribution in [2.45, 2.75) is 37.8 Å². The molecule has 0 aromatic carbocycles. The molecule has 1 rings (SSSR count). The smallest absolute Gasteiger partial charge is 0.329 e. The molecular weight excluding hydrogens is 224 g/mol. The van der Waals surface area contributed by atoms with Crippen molar-refractivity contribution in [3.05, 3.63) is 0 Å². The van der Waals surface area contributed by atoms with Gasteiger partial charge < -0.3 is 20.1 Å². The number of carboxylic acid groups (broad SMARTS) is 1. The number of hydrogen-bond donors (Lipinski definition) is 2. The number of carboxylic acids is 1. The molecule has 1 fully saturated rings. The molecule has 17 heavy (non-hydrogen) atoms. The zero-order chi connectivity index (χ0) is 13.1. The minimum Gasteiger partial charge on any atom is -0.480 e. The standard InChI is InChI=1S/C11H20N2O4/c1-8(7-17-3)13(2)10(16)12-11(9(14)15)5-4-6-11/h8H,4-7H2,1-3H3,(H,12,16)(H,14,15). The summed E-state index contributed by atoms with van der Waals surface area (Å²) in [5.74, 6) is -0.954. The zero-order valence-corrected chi connectivity index (χ0v) is 10.5. The summed E-state index contributed by atoms with van der Waals surface area (Å²) in [6.45, 7) is 2.27. The van der Waals surface area contributed by atoms with Crippen molar-refractivity contribution in [3.63, 3.8) is 0 Å². The number of rotatable bonds is 5. The average Bonchev–Trinajstić information content (AvgIpc) is 2.21. The quantitative estimate of drug-likeness (QED) is 0.745. The van der Waals surface area contributed by atoms with Crippen LogP contribution in [0, 0.1) is 0 Å². The highest BCUT2D eigenvalue weighted by atomic mass is 16.5. The van der Waals surface area contributed by atoms with E-state index in [1.807, 2.05) is 6.92 Å². The van der Waals surface area contributed by atoms with Crippen LogP contribution in [0.4, 0.5) is 4.79 Å². The van der Waals surface area contributed by atoms with Crippen molar-refractivity contribution in [1.29, 1.82) is 0 Å². The van der Waals surface area contributed by atoms with Crippen LogP contribution in [0.15, 0.2) is 0 Å². The van der Waals surface area contributed by atoms with Gasteiger partial charge in [0, 0.05) is 14.2 Å². The molecule has 0 heterocycles. The molecule has 0 aromatic heterocycles. The van der Waals surface area contributed by atoms with E-state index >= 15 is 0 Å². The van der Waals surface area contributed by atoms with Gasteiger partial charge in [-0.1, -0.05) is 0 Å². The summed E-state index contributed by atoms with van der Waals surface area (Å²) in [6.07, 6.45) is 1.84. The normalized spacial score (nSPS) is 19.0. The van der Waals surface area contributed by atoms with E-state index in [1.165, 1.54) is 4.90 Å². The molecule has 6 heteroatoms. The van der Waals surface area contributed by atoms with Gasteiger partial charge in [-0.15, -0.1) is 0 Å². The highest BCUT2D eigenvalue weighted by Gasteiger charge is 2.46. The van der Waals surface area contributed by atoms with Crippen LogP contribution >= 0.6 is 0 Å². The Bertz CT molecular complexity index is 302. The van der Waals surface area contributed by atoms with Crippen molar-refractivity contribution < 1.29 is 19.4 Å². The number of nitrogens with one attached hydrogen (secondary N) is 1. The van der Waals surface area contributed by atoms with Gasteiger partial charge in [-0.05, 0) is 26.2 Å². The van der Waals surface area contributed by atoms with E-state index in [0.717, 1.165) is 6.42 Å². The number of aliphatic carboxylic acids is 1. The number of carbonyl (C=O) groups is 2. The van der Waals surface area contributed by atoms with Gasteiger partial charge in [0.15, 0.2) is 0 Å². The number of hydrogen-bond acceptors (Lipinski definition) is 3. The van der Waals surface area contributed by atoms with Gasteiger partial charge in [0.1, 0.15) is 5.54 Å². The first-order chi connectivity index (χ1) is 7.93. The van der Waals surface area contributed by atoms with Gasteiger partial charge in [0.05, 0.1) is 12.6 Å². The third-order valence-electron chi connectivity index (χ3n) is 3.35. The lowest BCUT2D eigenvalue weighted by atomic mass is 9.77. The molecule has 0 aromatic rings. The molecule has 2 N–H and O–H groups in total. The number of amides is 2. The molecule has 0 radical (unpaired) electrons. The van der Waals surface area contributed by atoms with E-state index in [0.29, 0.717) is 19.4 Å². The highest BCUT2D eigenvalue weighted by molar-refractivity contribution is 5.87. The van der Waals surface area contributed by atoms with Crippen LogP contribution in [0.3, 0.4) is 0 Å². The van der Waals surface area contributed by atoms with Crippen LogP contribution < -0.4 is 5.32 Å². The monoisotopic (exact) mass is 244 g/mol. The maximum atomic E-state index is 11.9. The van der Waals surface area contributed by atoms with Crippen molar-refractivity contribution in [3.8, 4) is 0 Å². The summed E-state index contributed by atoms with van der Waals surface area (Å²) in [6, 6.07) is -0.456. The Labute approximate surface area is 101 Å². The van der Waals surface area contributed by atoms with E-state index in [2.05, 4.69) is 5.32 Å². The van der Waals surface area contributed by atoms with E-state index in [9.17, 15) is 9.59 Å². The third kappa shape index (κ3) is 2.88. The predicted octanol–water partition coefficient (Wildman–Crippen LogP) is 0.670. The second-order valence-corrected chi connectivity index (χ2v) is 4.59. The second-order valence-electron chi connectivity index (χ2n) is 4.59. The molecule has 1 atom stereocenters. The minimum atomic E-state index is -1.06. The third-order valence-corrected chi connectivity index (χ3v) is 3.35. The first-order valence-electron chi connectivity index (χ1n) is 5.70. The lowest BCUT2D eigenvalue weighted by Gasteiger charge is -2.40. The molecule has 0 spiro atoms. The molecule has 6 nitrogen and oxygen atoms in total. The summed E-state index contributed by atoms with van der Waals surface area (Å²) in [5.41, 5.74) is -1.06. The van der Waals surface area contributed by atoms with Crippen LogP contribution in [0.1, 0.15) is 26.2 Å². The molecule has 2 amide bonds. The molecule has 98 valence electrons. The number of nitrogens with zero attached hydrogens (tertiary/aromatic N) is 1. The Kier molecular flexibility index (Phi) is 4.34. The molecule has 0 bridgehead atoms. The van der Waals surface area contributed by atoms with Gasteiger partial charge in [0.2, 0.25) is 0 Å². The van der Waals surface area contributed by atoms with Gasteiger partial charge in [-0.2, -0.15) is 0 Å². The van der Waals surface area contributed by atoms with Gasteiger partial charge in [0.25, 0.3) is 0 Å². The van der Waals surface area contributed by atoms with Crippen molar-refractivity contribution >= 4 is 12.0 Å². The minimum absolute atomic E-state index is 0.0917. The van der Waals surface area contributed by atoms with Gasteiger partial charge >= 0.3 is 12.0 Å². The summed E-state index contributed by atoms with van der Waals surface area (Å²) in [7, 11) is 3.19. The lowest BCUT2D eigenvalue weighted by Crippen LogP contribution is -2.62. The van der Waals surface area contributed by atoms with Crippen LogP contribution in [-0.2, 0) is 9.53 Å². The van der Waals surface area contributed by atoms with E-state index in [1.54, 1.807) is 14.2 Å². The summed E-state index contributed by atoms with van der Waals surface area (Å²) < 4.78 is 4.95. The summed E-state index contributed by atoms with van der Waals surface area (Å²) >= 11 is 0. The molecule has 1 aliphatic carbocycles. The largest absolute Gasteiger partial charge is 0.480 e. The fraction of sp³-hybridized carbons (Fsp3) is 0.818. The summed E-state index contributed by atoms with van der Waals surface area (Å²) in [4.78, 5) is 24.4. The number of likely N-dealkylation sites (N-methyl/N-ethyl adjacent to an activating group) is 1. The van der Waals surface area contributed by atoms with E-state index < -0.39 is 11.5 Å². The van der Waals surface area contributed by atoms with Crippen molar-refractivity contribution in [2.24, 2.45) is 0 Å². The maximum absolute atomic E-state index is 11.9. The van der Waals surface area contributed by atoms with E-state index in [-0.39, 0.29) is 12.1 Å². The SMILES string of the molecule is COCC(C)N(C)C(=O)NC1(C(=O)O)CCC1. The van der Waals surface area contributed by atoms with Crippen LogP contribution in [0.5, 0.6) is 0 Å². The average molecular weight is 244 g/mol. The molecule has 1 saturated carbocycles. The van der Waals surface area contributed by atoms with Gasteiger partial charge in [-0.3, -0.25) is 0 Å². The van der Waals surface area contributed by atoms with E-state index in [4.69, 9.17) is 9.84 Å². The molecule has 1 aliphatic rings. The van der Waals surface area contributed by atoms with Crippen LogP contribution in [0.25, 0.3) is 0 Å². The fourth-order valence-electron chi connectivity index (χ4n) is 1.77. The Balaban J connectivity index is 2.56. The Morgan fingerprint density at radius 3 is 2.47 bits per heavy atom. The topological polar surface area (TPSA) is 78.9 Å². The Hall–Kier alpha value is -1.30. The zero-order valence-electron chi connectivity index (χ0n) is 10.5. The molecule has 0 saturated heterocycles. The maximum Gasteiger partial charge on any atom is 0.329 e. The number of methoxy groups -OCH3 is 1. The van der Waals surface area contributed by atoms with Gasteiger partial charge in [-0.25, -0.2) is 9.59 Å². The Morgan fingerprint density at radius 1 is 1.53 bits per heavy atom. The Morgan fingerprint density at radius 2 is 2.12 bits per heavy atom. The fourth-order valence-corrected chi connectivity index (χ4v) is 1.77. The van der Waals surface area contributed by atoms with Crippen LogP contribution in [-0.4, -0.2) is 54.4 Å². The molecular formula is C11H20N2O4. The number of ether oxygens (including phenoxy) is 1. The highest BCUT2D eigenvalue weighted by Crippen LogP contribution is 2.32. The van der Waals surface area contributed by atoms with Crippen molar-refractivity contribution in [1.82, 2.24) is 10.2 Å². The molecule has 0 aliphatic heterocycles. The van der Waals surface area contributed by atoms with Crippen molar-refractivity contribution in [2.75, 3.05) is 20.8 Å². The lowest BCUT2D eigenvalue weighted by molar-refractivity contribution is -0.148. The second kappa shape index (κ2) is 5.35. The summed E-state index contributed by atoms with van der Waals surface area (Å²) in [5, 5.41) is 11.7. The number of urea groups is 1. The molecule has 1 unspecified atom stereocenters. The van der Waals surface area contributed by atoms with Crippen LogP contribution in [0.2, 0.25) is 0 Å². The predicted molar refractivity (Wildman–Crippen MR) is 61.9 cm³/mol. The number of carbonyl (C=O) groups excluding carboxylic acids is 1. The first kappa shape index (κ1) is 13.8.